The number of anilines is 2. The van der Waals surface area contributed by atoms with Gasteiger partial charge in [-0.25, -0.2) is 19.2 Å². The van der Waals surface area contributed by atoms with Crippen molar-refractivity contribution >= 4 is 47.0 Å². The van der Waals surface area contributed by atoms with Gasteiger partial charge in [0.15, 0.2) is 0 Å². The number of piperazine rings is 1. The van der Waals surface area contributed by atoms with Gasteiger partial charge in [-0.2, -0.15) is 13.2 Å². The van der Waals surface area contributed by atoms with Gasteiger partial charge in [-0.05, 0) is 43.3 Å². The summed E-state index contributed by atoms with van der Waals surface area (Å²) >= 11 is 1.53. The van der Waals surface area contributed by atoms with Crippen LogP contribution in [0.2, 0.25) is 0 Å². The van der Waals surface area contributed by atoms with E-state index in [2.05, 4.69) is 9.80 Å². The highest BCUT2D eigenvalue weighted by molar-refractivity contribution is 7.99. The van der Waals surface area contributed by atoms with E-state index in [1.807, 2.05) is 29.2 Å². The summed E-state index contributed by atoms with van der Waals surface area (Å²) in [6.07, 6.45) is -1.25. The Labute approximate surface area is 266 Å². The maximum absolute atomic E-state index is 13.3. The lowest BCUT2D eigenvalue weighted by Gasteiger charge is -2.36. The molecule has 4 rings (SSSR count). The Morgan fingerprint density at radius 1 is 0.696 bits per heavy atom. The smallest absolute Gasteiger partial charge is 0.416 e. The summed E-state index contributed by atoms with van der Waals surface area (Å²) in [6.45, 7) is 6.29. The maximum atomic E-state index is 13.3. The average Bonchev–Trinajstić information content (AvgIpc) is 2.99. The van der Waals surface area contributed by atoms with Crippen LogP contribution in [0.3, 0.4) is 0 Å². The zero-order chi connectivity index (χ0) is 34.3. The van der Waals surface area contributed by atoms with Crippen molar-refractivity contribution in [1.29, 1.82) is 0 Å². The third kappa shape index (κ3) is 13.3. The molecule has 1 fully saturated rings. The minimum atomic E-state index is -4.35. The number of aliphatic carboxylic acids is 4. The Bertz CT molecular complexity index is 1350. The van der Waals surface area contributed by atoms with Crippen molar-refractivity contribution in [2.24, 2.45) is 0 Å². The molecule has 0 amide bonds. The molecule has 5 N–H and O–H groups in total. The highest BCUT2D eigenvalue weighted by atomic mass is 32.2. The van der Waals surface area contributed by atoms with Crippen molar-refractivity contribution in [3.8, 4) is 0 Å². The van der Waals surface area contributed by atoms with E-state index in [0.717, 1.165) is 54.6 Å². The number of carboxylic acids is 4. The fourth-order valence-electron chi connectivity index (χ4n) is 4.36. The van der Waals surface area contributed by atoms with Gasteiger partial charge in [0.25, 0.3) is 0 Å². The Kier molecular flexibility index (Phi) is 15.3. The zero-order valence-corrected chi connectivity index (χ0v) is 25.3. The monoisotopic (exact) mass is 669 g/mol. The normalized spacial score (nSPS) is 14.8. The van der Waals surface area contributed by atoms with Crippen molar-refractivity contribution in [3.05, 3.63) is 72.3 Å². The van der Waals surface area contributed by atoms with Crippen molar-refractivity contribution in [1.82, 2.24) is 9.80 Å². The molecule has 0 aromatic heterocycles. The number of nitrogens with zero attached hydrogens (tertiary/aromatic N) is 3. The minimum absolute atomic E-state index is 0.186. The van der Waals surface area contributed by atoms with Gasteiger partial charge in [0, 0.05) is 73.4 Å². The van der Waals surface area contributed by atoms with Gasteiger partial charge in [-0.1, -0.05) is 23.9 Å². The van der Waals surface area contributed by atoms with Crippen LogP contribution in [0.25, 0.3) is 0 Å². The number of hydrogen-bond donors (Lipinski definition) is 5. The predicted octanol–water partition coefficient (Wildman–Crippen LogP) is 3.73. The molecule has 16 heteroatoms. The lowest BCUT2D eigenvalue weighted by molar-refractivity contribution is -0.137. The van der Waals surface area contributed by atoms with Gasteiger partial charge in [-0.3, -0.25) is 4.90 Å². The predicted molar refractivity (Wildman–Crippen MR) is 162 cm³/mol. The fraction of sp³-hybridized carbons (Fsp3) is 0.333. The number of β-amino-alcohol motifs (C(OH)–C–C–N with tert-alkyl or cyclic N) is 1. The number of aliphatic hydroxyl groups is 1. The second-order valence-electron chi connectivity index (χ2n) is 9.68. The summed E-state index contributed by atoms with van der Waals surface area (Å²) in [6, 6.07) is 11.9. The first-order chi connectivity index (χ1) is 21.7. The molecular formula is C30H34F3N3O9S. The summed E-state index contributed by atoms with van der Waals surface area (Å²) in [5.41, 5.74) is 1.01. The van der Waals surface area contributed by atoms with Crippen LogP contribution in [0.5, 0.6) is 0 Å². The molecule has 2 aromatic carbocycles. The Morgan fingerprint density at radius 2 is 1.17 bits per heavy atom. The van der Waals surface area contributed by atoms with E-state index in [4.69, 9.17) is 25.5 Å². The largest absolute Gasteiger partial charge is 0.478 e. The molecule has 0 atom stereocenters. The molecule has 0 aliphatic carbocycles. The van der Waals surface area contributed by atoms with E-state index in [-0.39, 0.29) is 6.61 Å². The number of halogens is 3. The molecular weight excluding hydrogens is 635 g/mol. The number of alkyl halides is 3. The number of hydrogen-bond acceptors (Lipinski definition) is 9. The molecule has 46 heavy (non-hydrogen) atoms. The second-order valence-corrected chi connectivity index (χ2v) is 10.8. The average molecular weight is 670 g/mol. The number of carboxylic acid groups (broad SMARTS) is 4. The SMILES string of the molecule is O=C(O)/C=C/C(=O)O.O=C(O)/C=C/C(=O)O.OCCN1CCN(CCCN2c3ccccc3Sc3ccc(C(F)(F)F)cc32)CC1. The number of carbonyl (C=O) groups is 4. The van der Waals surface area contributed by atoms with Crippen LogP contribution in [0.1, 0.15) is 12.0 Å². The fourth-order valence-corrected chi connectivity index (χ4v) is 5.44. The number of fused-ring (bicyclic) bond motifs is 2. The number of benzene rings is 2. The Morgan fingerprint density at radius 3 is 1.65 bits per heavy atom. The van der Waals surface area contributed by atoms with Gasteiger partial charge in [0.1, 0.15) is 0 Å². The topological polar surface area (TPSA) is 179 Å². The summed E-state index contributed by atoms with van der Waals surface area (Å²) in [5, 5.41) is 40.3. The van der Waals surface area contributed by atoms with E-state index in [0.29, 0.717) is 43.1 Å². The lowest BCUT2D eigenvalue weighted by atomic mass is 10.1. The number of aliphatic hydroxyl groups excluding tert-OH is 1. The first-order valence-corrected chi connectivity index (χ1v) is 14.6. The molecule has 0 bridgehead atoms. The third-order valence-corrected chi connectivity index (χ3v) is 7.56. The minimum Gasteiger partial charge on any atom is -0.478 e. The van der Waals surface area contributed by atoms with Crippen LogP contribution in [-0.2, 0) is 25.4 Å². The Balaban J connectivity index is 0.000000381. The first kappa shape index (κ1) is 37.8. The molecule has 250 valence electrons. The lowest BCUT2D eigenvalue weighted by Crippen LogP contribution is -2.47. The molecule has 2 aromatic rings. The van der Waals surface area contributed by atoms with Gasteiger partial charge < -0.3 is 35.3 Å². The molecule has 2 aliphatic heterocycles. The van der Waals surface area contributed by atoms with E-state index >= 15 is 0 Å². The second kappa shape index (κ2) is 18.6. The van der Waals surface area contributed by atoms with E-state index in [9.17, 15) is 32.3 Å². The van der Waals surface area contributed by atoms with Crippen molar-refractivity contribution in [2.45, 2.75) is 22.4 Å². The summed E-state index contributed by atoms with van der Waals surface area (Å²) in [4.78, 5) is 46.8. The first-order valence-electron chi connectivity index (χ1n) is 13.8. The molecule has 1 saturated heterocycles. The molecule has 0 saturated carbocycles. The zero-order valence-electron chi connectivity index (χ0n) is 24.5. The van der Waals surface area contributed by atoms with Crippen LogP contribution in [0.15, 0.2) is 76.6 Å². The van der Waals surface area contributed by atoms with Gasteiger partial charge >= 0.3 is 30.1 Å². The Hall–Kier alpha value is -4.38. The highest BCUT2D eigenvalue weighted by Gasteiger charge is 2.33. The quantitative estimate of drug-likeness (QED) is 0.231. The molecule has 0 radical (unpaired) electrons. The van der Waals surface area contributed by atoms with Crippen LogP contribution in [0, 0.1) is 0 Å². The third-order valence-electron chi connectivity index (χ3n) is 6.43. The van der Waals surface area contributed by atoms with Crippen LogP contribution >= 0.6 is 11.8 Å². The van der Waals surface area contributed by atoms with Gasteiger partial charge in [0.2, 0.25) is 0 Å². The van der Waals surface area contributed by atoms with Crippen molar-refractivity contribution in [3.63, 3.8) is 0 Å². The molecule has 0 unspecified atom stereocenters. The van der Waals surface area contributed by atoms with Crippen LogP contribution < -0.4 is 4.90 Å². The van der Waals surface area contributed by atoms with Crippen molar-refractivity contribution < 1.29 is 57.9 Å². The van der Waals surface area contributed by atoms with E-state index in [1.165, 1.54) is 23.9 Å². The summed E-state index contributed by atoms with van der Waals surface area (Å²) < 4.78 is 39.9. The molecule has 0 spiro atoms. The molecule has 2 heterocycles. The van der Waals surface area contributed by atoms with Gasteiger partial charge in [-0.15, -0.1) is 0 Å². The van der Waals surface area contributed by atoms with Gasteiger partial charge in [0.05, 0.1) is 23.5 Å². The highest BCUT2D eigenvalue weighted by Crippen LogP contribution is 2.49. The number of rotatable bonds is 10. The standard InChI is InChI=1S/C22H26F3N3OS.2C4H4O4/c23-22(24,25)17-6-7-21-19(16-17)28(18-4-1-2-5-20(18)30-21)9-3-8-26-10-12-27(13-11-26)14-15-29;2*5-3(6)1-2-4(7)8/h1-2,4-7,16,29H,3,8-15H2;2*1-2H,(H,5,6)(H,7,8)/b;2*2-1+. The maximum Gasteiger partial charge on any atom is 0.416 e. The van der Waals surface area contributed by atoms with Crippen LogP contribution in [-0.4, -0.2) is 112 Å². The van der Waals surface area contributed by atoms with E-state index < -0.39 is 35.6 Å². The molecule has 2 aliphatic rings. The van der Waals surface area contributed by atoms with Crippen LogP contribution in [0.4, 0.5) is 24.5 Å². The van der Waals surface area contributed by atoms with Crippen molar-refractivity contribution in [2.75, 3.05) is 57.3 Å². The van der Waals surface area contributed by atoms with E-state index in [1.54, 1.807) is 6.07 Å². The molecule has 12 nitrogen and oxygen atoms in total. The number of para-hydroxylation sites is 1. The summed E-state index contributed by atoms with van der Waals surface area (Å²) in [5.74, 6) is -5.03. The summed E-state index contributed by atoms with van der Waals surface area (Å²) in [7, 11) is 0.